The highest BCUT2D eigenvalue weighted by Gasteiger charge is 2.45. The van der Waals surface area contributed by atoms with Crippen LogP contribution in [-0.4, -0.2) is 0 Å². The summed E-state index contributed by atoms with van der Waals surface area (Å²) in [6.07, 6.45) is 0. The number of fused-ring (bicyclic) bond motifs is 2. The first-order valence-corrected chi connectivity index (χ1v) is 19.9. The van der Waals surface area contributed by atoms with E-state index in [1.54, 1.807) is 0 Å². The minimum absolute atomic E-state index is 0.460. The third kappa shape index (κ3) is 4.72. The molecule has 0 saturated carbocycles. The summed E-state index contributed by atoms with van der Waals surface area (Å²) in [7, 11) is 0. The van der Waals surface area contributed by atoms with Crippen LogP contribution in [0.4, 0.5) is 0 Å². The van der Waals surface area contributed by atoms with Crippen molar-refractivity contribution < 1.29 is 0 Å². The van der Waals surface area contributed by atoms with Gasteiger partial charge in [0.2, 0.25) is 0 Å². The molecule has 0 radical (unpaired) electrons. The van der Waals surface area contributed by atoms with E-state index in [1.807, 2.05) is 0 Å². The molecule has 0 nitrogen and oxygen atoms in total. The van der Waals surface area contributed by atoms with Crippen LogP contribution in [0.1, 0.15) is 47.6 Å². The summed E-state index contributed by atoms with van der Waals surface area (Å²) >= 11 is 0. The summed E-state index contributed by atoms with van der Waals surface area (Å²) in [5.74, 6) is 0.460. The minimum Gasteiger partial charge on any atom is -0.0622 e. The summed E-state index contributed by atoms with van der Waals surface area (Å²) in [5.41, 5.74) is 13.7. The largest absolute Gasteiger partial charge is 0.0714 e. The molecule has 11 rings (SSSR count). The van der Waals surface area contributed by atoms with Crippen LogP contribution < -0.4 is 0 Å². The molecule has 1 unspecified atom stereocenters. The molecule has 56 heavy (non-hydrogen) atoms. The van der Waals surface area contributed by atoms with Crippen LogP contribution in [-0.2, 0) is 5.41 Å². The number of hydrogen-bond donors (Lipinski definition) is 0. The van der Waals surface area contributed by atoms with E-state index < -0.39 is 5.41 Å². The van der Waals surface area contributed by atoms with E-state index in [-0.39, 0.29) is 0 Å². The highest BCUT2D eigenvalue weighted by molar-refractivity contribution is 6.23. The Bertz CT molecular complexity index is 3060. The van der Waals surface area contributed by atoms with E-state index in [0.717, 1.165) is 0 Å². The van der Waals surface area contributed by atoms with Gasteiger partial charge in [-0.2, -0.15) is 0 Å². The van der Waals surface area contributed by atoms with Crippen LogP contribution in [0.3, 0.4) is 0 Å². The van der Waals surface area contributed by atoms with Crippen molar-refractivity contribution in [1.29, 1.82) is 0 Å². The van der Waals surface area contributed by atoms with Gasteiger partial charge in [0.1, 0.15) is 0 Å². The highest BCUT2D eigenvalue weighted by atomic mass is 14.5. The first-order chi connectivity index (χ1) is 27.6. The molecule has 10 aromatic rings. The second kappa shape index (κ2) is 12.7. The van der Waals surface area contributed by atoms with E-state index in [9.17, 15) is 0 Å². The normalized spacial score (nSPS) is 14.8. The number of rotatable bonds is 6. The topological polar surface area (TPSA) is 0 Å². The van der Waals surface area contributed by atoms with E-state index in [0.29, 0.717) is 5.92 Å². The molecule has 0 aromatic heterocycles. The van der Waals surface area contributed by atoms with Gasteiger partial charge in [0, 0.05) is 0 Å². The predicted octanol–water partition coefficient (Wildman–Crippen LogP) is 15.1. The van der Waals surface area contributed by atoms with Crippen molar-refractivity contribution in [2.24, 2.45) is 0 Å². The fourth-order valence-corrected chi connectivity index (χ4v) is 9.95. The smallest absolute Gasteiger partial charge is 0.0622 e. The lowest BCUT2D eigenvalue weighted by Crippen LogP contribution is -2.28. The van der Waals surface area contributed by atoms with Gasteiger partial charge >= 0.3 is 0 Å². The lowest BCUT2D eigenvalue weighted by atomic mass is 9.66. The summed E-state index contributed by atoms with van der Waals surface area (Å²) in [6.45, 7) is 4.56. The zero-order valence-electron chi connectivity index (χ0n) is 31.6. The van der Waals surface area contributed by atoms with Crippen LogP contribution in [0.15, 0.2) is 200 Å². The first-order valence-electron chi connectivity index (χ1n) is 19.9. The maximum atomic E-state index is 2.55. The Labute approximate surface area is 328 Å². The molecule has 0 aliphatic heterocycles. The average Bonchev–Trinajstić information content (AvgIpc) is 3.57. The Kier molecular flexibility index (Phi) is 7.38. The van der Waals surface area contributed by atoms with Gasteiger partial charge in [-0.25, -0.2) is 0 Å². The number of benzene rings is 10. The van der Waals surface area contributed by atoms with Crippen molar-refractivity contribution in [2.45, 2.75) is 25.2 Å². The zero-order valence-corrected chi connectivity index (χ0v) is 31.6. The Morgan fingerprint density at radius 2 is 0.839 bits per heavy atom. The van der Waals surface area contributed by atoms with Crippen molar-refractivity contribution in [3.8, 4) is 33.4 Å². The molecule has 1 atom stereocenters. The quantitative estimate of drug-likeness (QED) is 0.119. The van der Waals surface area contributed by atoms with E-state index >= 15 is 0 Å². The van der Waals surface area contributed by atoms with Crippen molar-refractivity contribution in [3.63, 3.8) is 0 Å². The van der Waals surface area contributed by atoms with Crippen molar-refractivity contribution in [1.82, 2.24) is 0 Å². The molecule has 0 heteroatoms. The molecule has 0 N–H and O–H groups in total. The van der Waals surface area contributed by atoms with Crippen LogP contribution in [0.2, 0.25) is 0 Å². The first kappa shape index (κ1) is 32.7. The van der Waals surface area contributed by atoms with Gasteiger partial charge in [0.15, 0.2) is 0 Å². The average molecular weight is 713 g/mol. The fraction of sp³-hybridized carbons (Fsp3) is 0.0714. The summed E-state index contributed by atoms with van der Waals surface area (Å²) in [5, 5.41) is 10.4. The fourth-order valence-electron chi connectivity index (χ4n) is 9.95. The van der Waals surface area contributed by atoms with E-state index in [4.69, 9.17) is 0 Å². The molecule has 0 fully saturated rings. The summed E-state index contributed by atoms with van der Waals surface area (Å²) in [6, 6.07) is 75.2. The molecule has 10 aromatic carbocycles. The Balaban J connectivity index is 1.22. The van der Waals surface area contributed by atoms with E-state index in [2.05, 4.69) is 214 Å². The molecular weight excluding hydrogens is 673 g/mol. The Morgan fingerprint density at radius 1 is 0.339 bits per heavy atom. The van der Waals surface area contributed by atoms with Gasteiger partial charge in [-0.3, -0.25) is 0 Å². The van der Waals surface area contributed by atoms with Gasteiger partial charge in [-0.15, -0.1) is 0 Å². The molecular formula is C56H40. The van der Waals surface area contributed by atoms with Gasteiger partial charge in [-0.05, 0) is 122 Å². The van der Waals surface area contributed by atoms with Gasteiger partial charge in [-0.1, -0.05) is 202 Å². The van der Waals surface area contributed by atoms with Crippen LogP contribution in [0.25, 0.3) is 76.5 Å². The molecule has 1 aliphatic rings. The third-order valence-electron chi connectivity index (χ3n) is 12.5. The van der Waals surface area contributed by atoms with Crippen molar-refractivity contribution in [3.05, 3.63) is 228 Å². The molecule has 0 spiro atoms. The SMILES string of the molecule is CC(C)c1ccc(C2(c3ccccc3)c3cccc4ccc5cc(-c6c7ccccc7c(-c7ccc(-c8ccccc8)cc7)c7ccccc67)cc2c5c34)cc1. The predicted molar refractivity (Wildman–Crippen MR) is 239 cm³/mol. The molecule has 0 heterocycles. The summed E-state index contributed by atoms with van der Waals surface area (Å²) < 4.78 is 0. The standard InChI is InChI=1S/C56H40/c1-36(2)37-30-32-45(33-31-37)56(44-17-7-4-8-18-44)50-23-13-16-40-28-29-42-34-43(35-51(56)55(42)54(40)50)53-48-21-11-9-19-46(48)52(47-20-10-12-22-49(47)53)41-26-24-39(25-27-41)38-14-5-3-6-15-38/h3-36H,1-2H3. The Hall–Kier alpha value is -6.76. The maximum absolute atomic E-state index is 2.55. The Morgan fingerprint density at radius 3 is 1.46 bits per heavy atom. The van der Waals surface area contributed by atoms with Crippen LogP contribution in [0, 0.1) is 0 Å². The zero-order chi connectivity index (χ0) is 37.4. The van der Waals surface area contributed by atoms with Crippen molar-refractivity contribution in [2.75, 3.05) is 0 Å². The van der Waals surface area contributed by atoms with E-state index in [1.165, 1.54) is 104 Å². The van der Waals surface area contributed by atoms with Crippen LogP contribution in [0.5, 0.6) is 0 Å². The summed E-state index contributed by atoms with van der Waals surface area (Å²) in [4.78, 5) is 0. The third-order valence-corrected chi connectivity index (χ3v) is 12.5. The van der Waals surface area contributed by atoms with Crippen molar-refractivity contribution >= 4 is 43.1 Å². The van der Waals surface area contributed by atoms with Gasteiger partial charge < -0.3 is 0 Å². The maximum Gasteiger partial charge on any atom is 0.0714 e. The lowest BCUT2D eigenvalue weighted by Gasteiger charge is -2.34. The van der Waals surface area contributed by atoms with Crippen LogP contribution >= 0.6 is 0 Å². The van der Waals surface area contributed by atoms with Gasteiger partial charge in [0.05, 0.1) is 5.41 Å². The second-order valence-corrected chi connectivity index (χ2v) is 15.8. The lowest BCUT2D eigenvalue weighted by molar-refractivity contribution is 0.768. The molecule has 1 aliphatic carbocycles. The second-order valence-electron chi connectivity index (χ2n) is 15.8. The van der Waals surface area contributed by atoms with Gasteiger partial charge in [0.25, 0.3) is 0 Å². The molecule has 0 bridgehead atoms. The number of hydrogen-bond acceptors (Lipinski definition) is 0. The highest BCUT2D eigenvalue weighted by Crippen LogP contribution is 2.57. The minimum atomic E-state index is -0.486. The molecule has 0 amide bonds. The molecule has 264 valence electrons. The monoisotopic (exact) mass is 712 g/mol. The molecule has 0 saturated heterocycles.